The summed E-state index contributed by atoms with van der Waals surface area (Å²) in [5, 5.41) is 3.09. The average Bonchev–Trinajstić information content (AvgIpc) is 2.95. The highest BCUT2D eigenvalue weighted by Crippen LogP contribution is 2.31. The first-order chi connectivity index (χ1) is 12.5. The molecule has 1 heterocycles. The van der Waals surface area contributed by atoms with Gasteiger partial charge in [-0.15, -0.1) is 0 Å². The molecule has 0 unspecified atom stereocenters. The first-order valence-electron chi connectivity index (χ1n) is 7.82. The number of amides is 2. The molecule has 1 aliphatic heterocycles. The van der Waals surface area contributed by atoms with Crippen molar-refractivity contribution in [3.63, 3.8) is 0 Å². The summed E-state index contributed by atoms with van der Waals surface area (Å²) in [4.78, 5) is 37.1. The molecular weight excluding hydrogens is 360 g/mol. The van der Waals surface area contributed by atoms with E-state index in [2.05, 4.69) is 5.32 Å². The minimum Gasteiger partial charge on any atom is -0.493 e. The molecule has 1 N–H and O–H groups in total. The van der Waals surface area contributed by atoms with E-state index in [0.717, 1.165) is 0 Å². The van der Waals surface area contributed by atoms with Crippen molar-refractivity contribution in [2.75, 3.05) is 38.4 Å². The Morgan fingerprint density at radius 3 is 2.65 bits per heavy atom. The summed E-state index contributed by atoms with van der Waals surface area (Å²) < 4.78 is 15.2. The van der Waals surface area contributed by atoms with Gasteiger partial charge in [0.05, 0.1) is 37.7 Å². The number of benzene rings is 1. The highest BCUT2D eigenvalue weighted by molar-refractivity contribution is 8.04. The summed E-state index contributed by atoms with van der Waals surface area (Å²) in [6.07, 6.45) is 1.22. The lowest BCUT2D eigenvalue weighted by atomic mass is 10.2. The van der Waals surface area contributed by atoms with Gasteiger partial charge in [-0.25, -0.2) is 4.79 Å². The third kappa shape index (κ3) is 4.92. The molecule has 0 aromatic heterocycles. The molecule has 1 aromatic rings. The normalized spacial score (nSPS) is 15.1. The number of anilines is 1. The molecule has 0 aliphatic carbocycles. The summed E-state index contributed by atoms with van der Waals surface area (Å²) >= 11 is 1.19. The average molecular weight is 380 g/mol. The van der Waals surface area contributed by atoms with Gasteiger partial charge in [0.15, 0.2) is 11.5 Å². The topological polar surface area (TPSA) is 94.2 Å². The molecule has 0 saturated carbocycles. The monoisotopic (exact) mass is 380 g/mol. The first kappa shape index (κ1) is 19.6. The maximum Gasteiger partial charge on any atom is 0.333 e. The Hall–Kier alpha value is -2.68. The second-order valence-corrected chi connectivity index (χ2v) is 6.12. The van der Waals surface area contributed by atoms with Gasteiger partial charge in [-0.3, -0.25) is 14.5 Å². The van der Waals surface area contributed by atoms with Crippen LogP contribution in [0.1, 0.15) is 6.92 Å². The molecule has 0 bridgehead atoms. The van der Waals surface area contributed by atoms with E-state index in [1.807, 2.05) is 0 Å². The van der Waals surface area contributed by atoms with Crippen molar-refractivity contribution in [1.82, 2.24) is 4.90 Å². The van der Waals surface area contributed by atoms with Crippen LogP contribution in [0.4, 0.5) is 5.69 Å². The van der Waals surface area contributed by atoms with Gasteiger partial charge in [-0.05, 0) is 19.1 Å². The SMILES string of the molecule is CCOC(=O)/C=C1\SCC(=O)N1CC(=O)Nc1ccc(OC)c(OC)c1. The number of nitrogens with zero attached hydrogens (tertiary/aromatic N) is 1. The molecule has 26 heavy (non-hydrogen) atoms. The van der Waals surface area contributed by atoms with Gasteiger partial charge in [0.1, 0.15) is 6.54 Å². The molecular formula is C17H20N2O6S. The molecule has 8 nitrogen and oxygen atoms in total. The summed E-state index contributed by atoms with van der Waals surface area (Å²) in [7, 11) is 3.01. The lowest BCUT2D eigenvalue weighted by Gasteiger charge is -2.17. The van der Waals surface area contributed by atoms with Gasteiger partial charge in [0.2, 0.25) is 11.8 Å². The third-order valence-corrected chi connectivity index (χ3v) is 4.43. The number of rotatable bonds is 7. The number of carbonyl (C=O) groups is 3. The van der Waals surface area contributed by atoms with Crippen molar-refractivity contribution in [2.45, 2.75) is 6.92 Å². The maximum atomic E-state index is 12.3. The Morgan fingerprint density at radius 1 is 1.27 bits per heavy atom. The van der Waals surface area contributed by atoms with E-state index in [-0.39, 0.29) is 24.8 Å². The van der Waals surface area contributed by atoms with Crippen LogP contribution in [0.2, 0.25) is 0 Å². The number of methoxy groups -OCH3 is 2. The fourth-order valence-corrected chi connectivity index (χ4v) is 3.17. The summed E-state index contributed by atoms with van der Waals surface area (Å²) in [6, 6.07) is 4.94. The van der Waals surface area contributed by atoms with Crippen LogP contribution in [0.5, 0.6) is 11.5 Å². The molecule has 2 amide bonds. The number of thioether (sulfide) groups is 1. The van der Waals surface area contributed by atoms with Gasteiger partial charge >= 0.3 is 5.97 Å². The second kappa shape index (κ2) is 9.14. The fourth-order valence-electron chi connectivity index (χ4n) is 2.24. The van der Waals surface area contributed by atoms with E-state index in [0.29, 0.717) is 22.2 Å². The van der Waals surface area contributed by atoms with E-state index in [4.69, 9.17) is 14.2 Å². The summed E-state index contributed by atoms with van der Waals surface area (Å²) in [5.74, 6) is -0.00220. The van der Waals surface area contributed by atoms with Crippen LogP contribution < -0.4 is 14.8 Å². The fraction of sp³-hybridized carbons (Fsp3) is 0.353. The molecule has 1 fully saturated rings. The molecule has 2 rings (SSSR count). The zero-order valence-corrected chi connectivity index (χ0v) is 15.6. The van der Waals surface area contributed by atoms with E-state index in [9.17, 15) is 14.4 Å². The van der Waals surface area contributed by atoms with E-state index >= 15 is 0 Å². The van der Waals surface area contributed by atoms with Crippen LogP contribution in [0, 0.1) is 0 Å². The van der Waals surface area contributed by atoms with Crippen molar-refractivity contribution in [1.29, 1.82) is 0 Å². The van der Waals surface area contributed by atoms with Crippen molar-refractivity contribution < 1.29 is 28.6 Å². The van der Waals surface area contributed by atoms with Crippen LogP contribution in [-0.2, 0) is 19.1 Å². The van der Waals surface area contributed by atoms with Crippen LogP contribution in [0.3, 0.4) is 0 Å². The van der Waals surface area contributed by atoms with Crippen LogP contribution >= 0.6 is 11.8 Å². The lowest BCUT2D eigenvalue weighted by Crippen LogP contribution is -2.34. The van der Waals surface area contributed by atoms with Gasteiger partial charge in [0.25, 0.3) is 0 Å². The predicted molar refractivity (Wildman–Crippen MR) is 97.1 cm³/mol. The smallest absolute Gasteiger partial charge is 0.333 e. The largest absolute Gasteiger partial charge is 0.493 e. The molecule has 0 atom stereocenters. The highest BCUT2D eigenvalue weighted by atomic mass is 32.2. The molecule has 9 heteroatoms. The zero-order chi connectivity index (χ0) is 19.1. The minimum absolute atomic E-state index is 0.175. The van der Waals surface area contributed by atoms with Crippen LogP contribution in [0.25, 0.3) is 0 Å². The third-order valence-electron chi connectivity index (χ3n) is 3.41. The maximum absolute atomic E-state index is 12.3. The van der Waals surface area contributed by atoms with Crippen LogP contribution in [0.15, 0.2) is 29.3 Å². The van der Waals surface area contributed by atoms with E-state index in [1.165, 1.54) is 37.0 Å². The first-order valence-corrected chi connectivity index (χ1v) is 8.80. The number of hydrogen-bond acceptors (Lipinski definition) is 7. The number of nitrogens with one attached hydrogen (secondary N) is 1. The summed E-state index contributed by atoms with van der Waals surface area (Å²) in [5.41, 5.74) is 0.503. The quantitative estimate of drug-likeness (QED) is 0.567. The second-order valence-electron chi connectivity index (χ2n) is 5.12. The van der Waals surface area contributed by atoms with Crippen molar-refractivity contribution >= 4 is 35.2 Å². The molecule has 140 valence electrons. The minimum atomic E-state index is -0.546. The molecule has 0 radical (unpaired) electrons. The summed E-state index contributed by atoms with van der Waals surface area (Å²) in [6.45, 7) is 1.73. The number of carbonyl (C=O) groups excluding carboxylic acids is 3. The number of esters is 1. The molecule has 1 aromatic carbocycles. The van der Waals surface area contributed by atoms with E-state index in [1.54, 1.807) is 25.1 Å². The predicted octanol–water partition coefficient (Wildman–Crippen LogP) is 1.62. The highest BCUT2D eigenvalue weighted by Gasteiger charge is 2.29. The Balaban J connectivity index is 2.06. The molecule has 1 aliphatic rings. The Bertz CT molecular complexity index is 734. The lowest BCUT2D eigenvalue weighted by molar-refractivity contribution is -0.137. The molecule has 1 saturated heterocycles. The standard InChI is InChI=1S/C17H20N2O6S/c1-4-25-17(22)8-16-19(15(21)10-26-16)9-14(20)18-11-5-6-12(23-2)13(7-11)24-3/h5-8H,4,9-10H2,1-3H3,(H,18,20)/b16-8-. The van der Waals surface area contributed by atoms with E-state index < -0.39 is 11.9 Å². The van der Waals surface area contributed by atoms with Gasteiger partial charge in [-0.2, -0.15) is 0 Å². The van der Waals surface area contributed by atoms with Gasteiger partial charge in [-0.1, -0.05) is 11.8 Å². The van der Waals surface area contributed by atoms with Crippen molar-refractivity contribution in [2.24, 2.45) is 0 Å². The van der Waals surface area contributed by atoms with Gasteiger partial charge < -0.3 is 19.5 Å². The Morgan fingerprint density at radius 2 is 2.00 bits per heavy atom. The van der Waals surface area contributed by atoms with Crippen molar-refractivity contribution in [3.05, 3.63) is 29.3 Å². The van der Waals surface area contributed by atoms with Crippen molar-refractivity contribution in [3.8, 4) is 11.5 Å². The number of hydrogen-bond donors (Lipinski definition) is 1. The van der Waals surface area contributed by atoms with Gasteiger partial charge in [0, 0.05) is 11.8 Å². The Labute approximate surface area is 155 Å². The zero-order valence-electron chi connectivity index (χ0n) is 14.7. The Kier molecular flexibility index (Phi) is 6.90. The number of ether oxygens (including phenoxy) is 3. The van der Waals surface area contributed by atoms with Crippen LogP contribution in [-0.4, -0.2) is 55.8 Å². The molecule has 0 spiro atoms.